The SMILES string of the molecule is CC(C)(C)OC(=O)c1ccc(-c2cccc(CC(=O)O)c2O)cc1. The molecule has 0 atom stereocenters. The van der Waals surface area contributed by atoms with Gasteiger partial charge in [-0.15, -0.1) is 0 Å². The van der Waals surface area contributed by atoms with Crippen LogP contribution in [0.5, 0.6) is 5.75 Å². The summed E-state index contributed by atoms with van der Waals surface area (Å²) >= 11 is 0. The number of carbonyl (C=O) groups excluding carboxylic acids is 1. The van der Waals surface area contributed by atoms with Gasteiger partial charge in [0.2, 0.25) is 0 Å². The first-order valence-electron chi connectivity index (χ1n) is 7.54. The molecule has 0 saturated carbocycles. The lowest BCUT2D eigenvalue weighted by Gasteiger charge is -2.19. The van der Waals surface area contributed by atoms with Crippen molar-refractivity contribution in [1.29, 1.82) is 0 Å². The predicted octanol–water partition coefficient (Wildman–Crippen LogP) is 3.64. The van der Waals surface area contributed by atoms with Crippen LogP contribution in [-0.4, -0.2) is 27.8 Å². The Kier molecular flexibility index (Phi) is 4.93. The maximum atomic E-state index is 12.0. The first-order valence-corrected chi connectivity index (χ1v) is 7.54. The molecule has 0 aromatic heterocycles. The van der Waals surface area contributed by atoms with E-state index in [1.807, 2.05) is 0 Å². The summed E-state index contributed by atoms with van der Waals surface area (Å²) in [5.74, 6) is -1.49. The van der Waals surface area contributed by atoms with E-state index in [2.05, 4.69) is 0 Å². The van der Waals surface area contributed by atoms with E-state index in [0.717, 1.165) is 0 Å². The van der Waals surface area contributed by atoms with Crippen LogP contribution >= 0.6 is 0 Å². The average molecular weight is 328 g/mol. The summed E-state index contributed by atoms with van der Waals surface area (Å²) in [5.41, 5.74) is 1.39. The van der Waals surface area contributed by atoms with E-state index in [0.29, 0.717) is 22.3 Å². The van der Waals surface area contributed by atoms with Crippen LogP contribution in [0, 0.1) is 0 Å². The number of hydrogen-bond donors (Lipinski definition) is 2. The third kappa shape index (κ3) is 4.35. The number of aliphatic carboxylic acids is 1. The highest BCUT2D eigenvalue weighted by molar-refractivity contribution is 5.90. The molecule has 2 rings (SSSR count). The summed E-state index contributed by atoms with van der Waals surface area (Å²) in [7, 11) is 0. The molecular formula is C19H20O5. The number of hydrogen-bond acceptors (Lipinski definition) is 4. The lowest BCUT2D eigenvalue weighted by Crippen LogP contribution is -2.23. The molecule has 0 aliphatic heterocycles. The molecule has 0 fully saturated rings. The number of rotatable bonds is 4. The van der Waals surface area contributed by atoms with Crippen molar-refractivity contribution in [2.45, 2.75) is 32.8 Å². The molecule has 2 aromatic rings. The normalized spacial score (nSPS) is 11.1. The summed E-state index contributed by atoms with van der Waals surface area (Å²) in [4.78, 5) is 22.9. The summed E-state index contributed by atoms with van der Waals surface area (Å²) in [6.45, 7) is 5.39. The number of phenols is 1. The van der Waals surface area contributed by atoms with E-state index in [4.69, 9.17) is 9.84 Å². The van der Waals surface area contributed by atoms with Crippen molar-refractivity contribution in [1.82, 2.24) is 0 Å². The Balaban J connectivity index is 2.28. The lowest BCUT2D eigenvalue weighted by molar-refractivity contribution is -0.136. The second-order valence-corrected chi connectivity index (χ2v) is 6.46. The van der Waals surface area contributed by atoms with Gasteiger partial charge < -0.3 is 14.9 Å². The van der Waals surface area contributed by atoms with Gasteiger partial charge in [0.25, 0.3) is 0 Å². The quantitative estimate of drug-likeness (QED) is 0.837. The minimum Gasteiger partial charge on any atom is -0.507 e. The van der Waals surface area contributed by atoms with Gasteiger partial charge in [-0.25, -0.2) is 4.79 Å². The fourth-order valence-corrected chi connectivity index (χ4v) is 2.25. The average Bonchev–Trinajstić information content (AvgIpc) is 2.47. The van der Waals surface area contributed by atoms with Crippen molar-refractivity contribution in [2.24, 2.45) is 0 Å². The highest BCUT2D eigenvalue weighted by atomic mass is 16.6. The van der Waals surface area contributed by atoms with E-state index in [1.54, 1.807) is 63.2 Å². The van der Waals surface area contributed by atoms with Gasteiger partial charge in [-0.2, -0.15) is 0 Å². The molecule has 0 aliphatic rings. The predicted molar refractivity (Wildman–Crippen MR) is 90.1 cm³/mol. The van der Waals surface area contributed by atoms with E-state index in [9.17, 15) is 14.7 Å². The fraction of sp³-hybridized carbons (Fsp3) is 0.263. The van der Waals surface area contributed by atoms with E-state index in [-0.39, 0.29) is 12.2 Å². The smallest absolute Gasteiger partial charge is 0.338 e. The number of phenolic OH excluding ortho intramolecular Hbond substituents is 1. The number of benzene rings is 2. The molecule has 0 saturated heterocycles. The highest BCUT2D eigenvalue weighted by Gasteiger charge is 2.18. The van der Waals surface area contributed by atoms with Crippen molar-refractivity contribution < 1.29 is 24.5 Å². The van der Waals surface area contributed by atoms with Crippen LogP contribution < -0.4 is 0 Å². The molecule has 5 heteroatoms. The van der Waals surface area contributed by atoms with Crippen LogP contribution in [0.15, 0.2) is 42.5 Å². The van der Waals surface area contributed by atoms with Gasteiger partial charge in [-0.05, 0) is 38.5 Å². The van der Waals surface area contributed by atoms with Crippen LogP contribution in [0.2, 0.25) is 0 Å². The van der Waals surface area contributed by atoms with Gasteiger partial charge >= 0.3 is 11.9 Å². The number of aromatic hydroxyl groups is 1. The second kappa shape index (κ2) is 6.74. The zero-order valence-corrected chi connectivity index (χ0v) is 13.9. The molecule has 2 N–H and O–H groups in total. The summed E-state index contributed by atoms with van der Waals surface area (Å²) in [6.07, 6.45) is -0.254. The molecule has 5 nitrogen and oxygen atoms in total. The topological polar surface area (TPSA) is 83.8 Å². The largest absolute Gasteiger partial charge is 0.507 e. The number of ether oxygens (including phenoxy) is 1. The zero-order valence-electron chi connectivity index (χ0n) is 13.9. The molecule has 0 radical (unpaired) electrons. The molecule has 0 amide bonds. The molecule has 0 aliphatic carbocycles. The number of carbonyl (C=O) groups is 2. The standard InChI is InChI=1S/C19H20O5/c1-19(2,3)24-18(23)13-9-7-12(8-10-13)15-6-4-5-14(17(15)22)11-16(20)21/h4-10,22H,11H2,1-3H3,(H,20,21). The number of para-hydroxylation sites is 1. The van der Waals surface area contributed by atoms with Crippen molar-refractivity contribution in [3.05, 3.63) is 53.6 Å². The van der Waals surface area contributed by atoms with Crippen molar-refractivity contribution in [3.63, 3.8) is 0 Å². The Morgan fingerprint density at radius 2 is 1.67 bits per heavy atom. The third-order valence-corrected chi connectivity index (χ3v) is 3.29. The molecule has 2 aromatic carbocycles. The molecule has 0 unspecified atom stereocenters. The molecule has 24 heavy (non-hydrogen) atoms. The minimum absolute atomic E-state index is 0.0649. The lowest BCUT2D eigenvalue weighted by atomic mass is 9.99. The fourth-order valence-electron chi connectivity index (χ4n) is 2.25. The van der Waals surface area contributed by atoms with Gasteiger partial charge in [-0.1, -0.05) is 30.3 Å². The van der Waals surface area contributed by atoms with Crippen LogP contribution in [-0.2, 0) is 16.0 Å². The van der Waals surface area contributed by atoms with Gasteiger partial charge in [0.1, 0.15) is 11.4 Å². The van der Waals surface area contributed by atoms with Gasteiger partial charge in [-0.3, -0.25) is 4.79 Å². The number of carboxylic acids is 1. The Bertz CT molecular complexity index is 754. The Morgan fingerprint density at radius 1 is 1.04 bits per heavy atom. The molecule has 0 bridgehead atoms. The summed E-state index contributed by atoms with van der Waals surface area (Å²) in [5, 5.41) is 19.1. The van der Waals surface area contributed by atoms with Crippen LogP contribution in [0.1, 0.15) is 36.7 Å². The maximum absolute atomic E-state index is 12.0. The van der Waals surface area contributed by atoms with E-state index >= 15 is 0 Å². The van der Waals surface area contributed by atoms with Crippen LogP contribution in [0.25, 0.3) is 11.1 Å². The van der Waals surface area contributed by atoms with Gasteiger partial charge in [0.05, 0.1) is 12.0 Å². The monoisotopic (exact) mass is 328 g/mol. The van der Waals surface area contributed by atoms with E-state index < -0.39 is 17.5 Å². The summed E-state index contributed by atoms with van der Waals surface area (Å²) in [6, 6.07) is 11.6. The van der Waals surface area contributed by atoms with Crippen molar-refractivity contribution >= 4 is 11.9 Å². The highest BCUT2D eigenvalue weighted by Crippen LogP contribution is 2.32. The van der Waals surface area contributed by atoms with Crippen molar-refractivity contribution in [3.8, 4) is 16.9 Å². The molecular weight excluding hydrogens is 308 g/mol. The first-order chi connectivity index (χ1) is 11.2. The number of esters is 1. The maximum Gasteiger partial charge on any atom is 0.338 e. The third-order valence-electron chi connectivity index (χ3n) is 3.29. The molecule has 0 spiro atoms. The van der Waals surface area contributed by atoms with Crippen LogP contribution in [0.3, 0.4) is 0 Å². The first kappa shape index (κ1) is 17.5. The Morgan fingerprint density at radius 3 is 2.21 bits per heavy atom. The Labute approximate surface area is 140 Å². The van der Waals surface area contributed by atoms with Crippen LogP contribution in [0.4, 0.5) is 0 Å². The summed E-state index contributed by atoms with van der Waals surface area (Å²) < 4.78 is 5.30. The zero-order chi connectivity index (χ0) is 17.9. The molecule has 0 heterocycles. The minimum atomic E-state index is -1.01. The van der Waals surface area contributed by atoms with Crippen molar-refractivity contribution in [2.75, 3.05) is 0 Å². The van der Waals surface area contributed by atoms with E-state index in [1.165, 1.54) is 0 Å². The molecule has 126 valence electrons. The van der Waals surface area contributed by atoms with Gasteiger partial charge in [0, 0.05) is 11.1 Å². The second-order valence-electron chi connectivity index (χ2n) is 6.46. The number of carboxylic acid groups (broad SMARTS) is 1. The van der Waals surface area contributed by atoms with Gasteiger partial charge in [0.15, 0.2) is 0 Å². The Hall–Kier alpha value is -2.82.